The van der Waals surface area contributed by atoms with E-state index in [1.54, 1.807) is 0 Å². The zero-order valence-corrected chi connectivity index (χ0v) is 12.8. The molecule has 1 aromatic rings. The Morgan fingerprint density at radius 3 is 2.40 bits per heavy atom. The molecule has 0 unspecified atom stereocenters. The molecule has 1 aromatic carbocycles. The zero-order chi connectivity index (χ0) is 14.5. The Morgan fingerprint density at radius 2 is 1.85 bits per heavy atom. The molecule has 110 valence electrons. The van der Waals surface area contributed by atoms with Crippen LogP contribution in [0.4, 0.5) is 0 Å². The lowest BCUT2D eigenvalue weighted by atomic mass is 9.96. The first-order chi connectivity index (χ1) is 9.54. The SMILES string of the molecule is Cc1ccc(CN2CCC(C(=O)OC(C)C)CC2)cc1. The van der Waals surface area contributed by atoms with Crippen molar-refractivity contribution in [2.45, 2.75) is 46.3 Å². The van der Waals surface area contributed by atoms with Gasteiger partial charge in [-0.3, -0.25) is 9.69 Å². The largest absolute Gasteiger partial charge is 0.463 e. The number of hydrogen-bond acceptors (Lipinski definition) is 3. The molecule has 3 heteroatoms. The molecule has 0 spiro atoms. The van der Waals surface area contributed by atoms with Gasteiger partial charge in [0.15, 0.2) is 0 Å². The van der Waals surface area contributed by atoms with Gasteiger partial charge in [-0.25, -0.2) is 0 Å². The van der Waals surface area contributed by atoms with Crippen molar-refractivity contribution in [1.82, 2.24) is 4.90 Å². The molecule has 0 bridgehead atoms. The predicted molar refractivity (Wildman–Crippen MR) is 80.4 cm³/mol. The standard InChI is InChI=1S/C17H25NO2/c1-13(2)20-17(19)16-8-10-18(11-9-16)12-15-6-4-14(3)5-7-15/h4-7,13,16H,8-12H2,1-3H3. The Kier molecular flexibility index (Phi) is 5.18. The number of esters is 1. The van der Waals surface area contributed by atoms with E-state index in [4.69, 9.17) is 4.74 Å². The molecule has 2 rings (SSSR count). The summed E-state index contributed by atoms with van der Waals surface area (Å²) in [5.41, 5.74) is 2.64. The average Bonchev–Trinajstić information content (AvgIpc) is 2.41. The van der Waals surface area contributed by atoms with Crippen LogP contribution in [0.3, 0.4) is 0 Å². The van der Waals surface area contributed by atoms with Gasteiger partial charge in [0.2, 0.25) is 0 Å². The number of benzene rings is 1. The van der Waals surface area contributed by atoms with Crippen molar-refractivity contribution in [3.63, 3.8) is 0 Å². The minimum absolute atomic E-state index is 0.00640. The van der Waals surface area contributed by atoms with Gasteiger partial charge in [-0.15, -0.1) is 0 Å². The van der Waals surface area contributed by atoms with Crippen molar-refractivity contribution in [3.05, 3.63) is 35.4 Å². The fourth-order valence-corrected chi connectivity index (χ4v) is 2.61. The first-order valence-corrected chi connectivity index (χ1v) is 7.53. The van der Waals surface area contributed by atoms with Crippen molar-refractivity contribution in [1.29, 1.82) is 0 Å². The third-order valence-electron chi connectivity index (χ3n) is 3.80. The second kappa shape index (κ2) is 6.89. The average molecular weight is 275 g/mol. The summed E-state index contributed by atoms with van der Waals surface area (Å²) in [4.78, 5) is 14.3. The number of likely N-dealkylation sites (tertiary alicyclic amines) is 1. The van der Waals surface area contributed by atoms with Crippen LogP contribution in [0.15, 0.2) is 24.3 Å². The van der Waals surface area contributed by atoms with Gasteiger partial charge < -0.3 is 4.74 Å². The van der Waals surface area contributed by atoms with Crippen molar-refractivity contribution >= 4 is 5.97 Å². The Morgan fingerprint density at radius 1 is 1.25 bits per heavy atom. The van der Waals surface area contributed by atoms with Crippen LogP contribution in [-0.2, 0) is 16.1 Å². The first kappa shape index (κ1) is 15.0. The maximum absolute atomic E-state index is 11.9. The van der Waals surface area contributed by atoms with Gasteiger partial charge in [0, 0.05) is 6.54 Å². The molecule has 1 aliphatic rings. The summed E-state index contributed by atoms with van der Waals surface area (Å²) in [6, 6.07) is 8.69. The fraction of sp³-hybridized carbons (Fsp3) is 0.588. The van der Waals surface area contributed by atoms with E-state index in [0.29, 0.717) is 0 Å². The maximum atomic E-state index is 11.9. The van der Waals surface area contributed by atoms with E-state index in [1.807, 2.05) is 13.8 Å². The number of carbonyl (C=O) groups is 1. The van der Waals surface area contributed by atoms with E-state index < -0.39 is 0 Å². The quantitative estimate of drug-likeness (QED) is 0.791. The Hall–Kier alpha value is -1.35. The Balaban J connectivity index is 1.79. The maximum Gasteiger partial charge on any atom is 0.309 e. The number of ether oxygens (including phenoxy) is 1. The molecule has 0 N–H and O–H groups in total. The number of hydrogen-bond donors (Lipinski definition) is 0. The van der Waals surface area contributed by atoms with Gasteiger partial charge in [0.05, 0.1) is 12.0 Å². The molecule has 0 aromatic heterocycles. The molecule has 1 heterocycles. The van der Waals surface area contributed by atoms with Crippen LogP contribution in [0.1, 0.15) is 37.8 Å². The highest BCUT2D eigenvalue weighted by molar-refractivity contribution is 5.72. The topological polar surface area (TPSA) is 29.5 Å². The number of piperidine rings is 1. The first-order valence-electron chi connectivity index (χ1n) is 7.53. The summed E-state index contributed by atoms with van der Waals surface area (Å²) < 4.78 is 5.30. The molecule has 1 fully saturated rings. The molecule has 1 aliphatic heterocycles. The summed E-state index contributed by atoms with van der Waals surface area (Å²) >= 11 is 0. The van der Waals surface area contributed by atoms with E-state index in [9.17, 15) is 4.79 Å². The normalized spacial score (nSPS) is 17.4. The molecule has 1 saturated heterocycles. The van der Waals surface area contributed by atoms with Crippen molar-refractivity contribution < 1.29 is 9.53 Å². The van der Waals surface area contributed by atoms with Crippen LogP contribution in [-0.4, -0.2) is 30.1 Å². The highest BCUT2D eigenvalue weighted by Crippen LogP contribution is 2.21. The van der Waals surface area contributed by atoms with E-state index in [1.165, 1.54) is 11.1 Å². The molecular weight excluding hydrogens is 250 g/mol. The summed E-state index contributed by atoms with van der Waals surface area (Å²) in [5.74, 6) is 0.0710. The van der Waals surface area contributed by atoms with E-state index >= 15 is 0 Å². The molecule has 0 atom stereocenters. The molecular formula is C17H25NO2. The van der Waals surface area contributed by atoms with Crippen LogP contribution in [0, 0.1) is 12.8 Å². The molecule has 0 radical (unpaired) electrons. The highest BCUT2D eigenvalue weighted by atomic mass is 16.5. The summed E-state index contributed by atoms with van der Waals surface area (Å²) in [6.45, 7) is 8.86. The Labute approximate surface area is 121 Å². The van der Waals surface area contributed by atoms with Crippen LogP contribution >= 0.6 is 0 Å². The second-order valence-electron chi connectivity index (χ2n) is 6.02. The highest BCUT2D eigenvalue weighted by Gasteiger charge is 2.26. The van der Waals surface area contributed by atoms with Crippen molar-refractivity contribution in [3.8, 4) is 0 Å². The number of aryl methyl sites for hydroxylation is 1. The van der Waals surface area contributed by atoms with Gasteiger partial charge in [-0.1, -0.05) is 29.8 Å². The molecule has 0 aliphatic carbocycles. The molecule has 0 amide bonds. The molecule has 20 heavy (non-hydrogen) atoms. The van der Waals surface area contributed by atoms with Crippen LogP contribution in [0.25, 0.3) is 0 Å². The second-order valence-corrected chi connectivity index (χ2v) is 6.02. The lowest BCUT2D eigenvalue weighted by Gasteiger charge is -2.31. The third-order valence-corrected chi connectivity index (χ3v) is 3.80. The summed E-state index contributed by atoms with van der Waals surface area (Å²) in [7, 11) is 0. The predicted octanol–water partition coefficient (Wildman–Crippen LogP) is 3.16. The van der Waals surface area contributed by atoms with Crippen LogP contribution in [0.5, 0.6) is 0 Å². The van der Waals surface area contributed by atoms with Crippen LogP contribution in [0.2, 0.25) is 0 Å². The number of carbonyl (C=O) groups excluding carboxylic acids is 1. The Bertz CT molecular complexity index is 431. The van der Waals surface area contributed by atoms with Crippen molar-refractivity contribution in [2.75, 3.05) is 13.1 Å². The van der Waals surface area contributed by atoms with E-state index in [0.717, 1.165) is 32.5 Å². The van der Waals surface area contributed by atoms with Gasteiger partial charge in [0.1, 0.15) is 0 Å². The fourth-order valence-electron chi connectivity index (χ4n) is 2.61. The third kappa shape index (κ3) is 4.34. The minimum Gasteiger partial charge on any atom is -0.463 e. The summed E-state index contributed by atoms with van der Waals surface area (Å²) in [6.07, 6.45) is 1.82. The van der Waals surface area contributed by atoms with E-state index in [2.05, 4.69) is 36.1 Å². The monoisotopic (exact) mass is 275 g/mol. The van der Waals surface area contributed by atoms with E-state index in [-0.39, 0.29) is 18.0 Å². The lowest BCUT2D eigenvalue weighted by molar-refractivity contribution is -0.154. The zero-order valence-electron chi connectivity index (χ0n) is 12.8. The van der Waals surface area contributed by atoms with Gasteiger partial charge in [-0.05, 0) is 52.3 Å². The molecule has 0 saturated carbocycles. The number of nitrogens with zero attached hydrogens (tertiary/aromatic N) is 1. The smallest absolute Gasteiger partial charge is 0.309 e. The van der Waals surface area contributed by atoms with Crippen LogP contribution < -0.4 is 0 Å². The van der Waals surface area contributed by atoms with Gasteiger partial charge >= 0.3 is 5.97 Å². The minimum atomic E-state index is -0.0185. The summed E-state index contributed by atoms with van der Waals surface area (Å²) in [5, 5.41) is 0. The van der Waals surface area contributed by atoms with Gasteiger partial charge in [0.25, 0.3) is 0 Å². The number of rotatable bonds is 4. The molecule has 3 nitrogen and oxygen atoms in total. The van der Waals surface area contributed by atoms with Gasteiger partial charge in [-0.2, -0.15) is 0 Å². The van der Waals surface area contributed by atoms with Crippen molar-refractivity contribution in [2.24, 2.45) is 5.92 Å². The lowest BCUT2D eigenvalue weighted by Crippen LogP contribution is -2.37.